The molecule has 6 heteroatoms. The standard InChI is InChI=1S/C31H36F4N2/c1-19-9-11-22-23-12-10-21(26-29(34)27(32)20(2)28(33)30(26)35)18-25(23)31(24(22)17-19,13-7-15-36(3)4)14-8-16-37(5)6/h9-12,17-18H,7-8,13-16H2,1-6H3. The summed E-state index contributed by atoms with van der Waals surface area (Å²) in [4.78, 5) is 4.30. The molecule has 0 N–H and O–H groups in total. The molecule has 0 spiro atoms. The molecule has 0 aromatic heterocycles. The molecule has 3 aromatic carbocycles. The van der Waals surface area contributed by atoms with Crippen LogP contribution in [0.15, 0.2) is 36.4 Å². The molecule has 0 unspecified atom stereocenters. The van der Waals surface area contributed by atoms with E-state index in [2.05, 4.69) is 34.9 Å². The maximum Gasteiger partial charge on any atom is 0.170 e. The Bertz CT molecular complexity index is 1270. The zero-order valence-electron chi connectivity index (χ0n) is 22.6. The molecular weight excluding hydrogens is 476 g/mol. The minimum atomic E-state index is -1.35. The first kappa shape index (κ1) is 27.3. The van der Waals surface area contributed by atoms with Crippen LogP contribution in [0.4, 0.5) is 17.6 Å². The van der Waals surface area contributed by atoms with E-state index in [9.17, 15) is 8.78 Å². The van der Waals surface area contributed by atoms with Crippen LogP contribution in [0.5, 0.6) is 0 Å². The van der Waals surface area contributed by atoms with Crippen molar-refractivity contribution in [2.24, 2.45) is 0 Å². The zero-order chi connectivity index (χ0) is 27.1. The average Bonchev–Trinajstić information content (AvgIpc) is 3.10. The fourth-order valence-corrected chi connectivity index (χ4v) is 5.82. The highest BCUT2D eigenvalue weighted by Crippen LogP contribution is 2.55. The van der Waals surface area contributed by atoms with Crippen molar-refractivity contribution in [2.75, 3.05) is 41.3 Å². The van der Waals surface area contributed by atoms with Crippen LogP contribution in [0, 0.1) is 37.1 Å². The third kappa shape index (κ3) is 4.94. The zero-order valence-corrected chi connectivity index (χ0v) is 22.6. The van der Waals surface area contributed by atoms with Crippen LogP contribution in [0.2, 0.25) is 0 Å². The van der Waals surface area contributed by atoms with Gasteiger partial charge in [-0.05, 0) is 115 Å². The molecule has 0 bridgehead atoms. The minimum absolute atomic E-state index is 0.153. The molecule has 0 amide bonds. The van der Waals surface area contributed by atoms with Gasteiger partial charge in [0.2, 0.25) is 0 Å². The van der Waals surface area contributed by atoms with Crippen LogP contribution in [-0.2, 0) is 5.41 Å². The fourth-order valence-electron chi connectivity index (χ4n) is 5.82. The van der Waals surface area contributed by atoms with Gasteiger partial charge in [-0.25, -0.2) is 17.6 Å². The molecule has 0 atom stereocenters. The van der Waals surface area contributed by atoms with Gasteiger partial charge in [-0.15, -0.1) is 0 Å². The monoisotopic (exact) mass is 512 g/mol. The molecule has 1 aliphatic carbocycles. The van der Waals surface area contributed by atoms with Crippen LogP contribution >= 0.6 is 0 Å². The van der Waals surface area contributed by atoms with Crippen LogP contribution in [0.3, 0.4) is 0 Å². The van der Waals surface area contributed by atoms with E-state index in [1.54, 1.807) is 12.1 Å². The van der Waals surface area contributed by atoms with Gasteiger partial charge in [0.15, 0.2) is 23.3 Å². The van der Waals surface area contributed by atoms with Gasteiger partial charge in [0.05, 0.1) is 5.56 Å². The van der Waals surface area contributed by atoms with Gasteiger partial charge < -0.3 is 9.80 Å². The van der Waals surface area contributed by atoms with Crippen molar-refractivity contribution in [3.05, 3.63) is 81.9 Å². The molecule has 1 aliphatic rings. The lowest BCUT2D eigenvalue weighted by Gasteiger charge is -2.34. The van der Waals surface area contributed by atoms with E-state index in [1.165, 1.54) is 5.56 Å². The first-order valence-corrected chi connectivity index (χ1v) is 12.9. The van der Waals surface area contributed by atoms with Gasteiger partial charge >= 0.3 is 0 Å². The smallest absolute Gasteiger partial charge is 0.170 e. The second-order valence-corrected chi connectivity index (χ2v) is 11.0. The lowest BCUT2D eigenvalue weighted by molar-refractivity contribution is 0.328. The SMILES string of the molecule is Cc1ccc2c(c1)C(CCCN(C)C)(CCCN(C)C)c1cc(-c3c(F)c(F)c(C)c(F)c3F)ccc1-2. The van der Waals surface area contributed by atoms with Gasteiger partial charge in [-0.1, -0.05) is 35.9 Å². The number of fused-ring (bicyclic) bond motifs is 3. The number of benzene rings is 3. The average molecular weight is 513 g/mol. The second kappa shape index (κ2) is 10.6. The summed E-state index contributed by atoms with van der Waals surface area (Å²) in [6.45, 7) is 4.93. The van der Waals surface area contributed by atoms with Crippen LogP contribution in [-0.4, -0.2) is 51.1 Å². The molecule has 3 aromatic rings. The van der Waals surface area contributed by atoms with Gasteiger partial charge in [0, 0.05) is 11.0 Å². The molecule has 0 fully saturated rings. The quantitative estimate of drug-likeness (QED) is 0.217. The molecule has 37 heavy (non-hydrogen) atoms. The maximum atomic E-state index is 15.0. The Labute approximate surface area is 217 Å². The Balaban J connectivity index is 1.94. The second-order valence-electron chi connectivity index (χ2n) is 11.0. The molecule has 0 aliphatic heterocycles. The molecule has 0 saturated carbocycles. The summed E-state index contributed by atoms with van der Waals surface area (Å²) in [5.41, 5.74) is 3.97. The Hall–Kier alpha value is -2.70. The van der Waals surface area contributed by atoms with E-state index in [1.807, 2.05) is 34.3 Å². The van der Waals surface area contributed by atoms with E-state index < -0.39 is 34.4 Å². The highest BCUT2D eigenvalue weighted by atomic mass is 19.2. The van der Waals surface area contributed by atoms with E-state index in [0.29, 0.717) is 0 Å². The summed E-state index contributed by atoms with van der Waals surface area (Å²) in [6.07, 6.45) is 3.57. The molecule has 198 valence electrons. The summed E-state index contributed by atoms with van der Waals surface area (Å²) in [6, 6.07) is 11.6. The number of rotatable bonds is 9. The largest absolute Gasteiger partial charge is 0.309 e. The molecule has 2 nitrogen and oxygen atoms in total. The fraction of sp³-hybridized carbons (Fsp3) is 0.419. The maximum absolute atomic E-state index is 15.0. The number of nitrogens with zero attached hydrogens (tertiary/aromatic N) is 2. The van der Waals surface area contributed by atoms with Crippen LogP contribution in [0.1, 0.15) is 47.9 Å². The first-order valence-electron chi connectivity index (χ1n) is 12.9. The van der Waals surface area contributed by atoms with E-state index in [4.69, 9.17) is 0 Å². The summed E-state index contributed by atoms with van der Waals surface area (Å²) in [7, 11) is 8.18. The van der Waals surface area contributed by atoms with Gasteiger partial charge in [-0.2, -0.15) is 0 Å². The summed E-state index contributed by atoms with van der Waals surface area (Å²) in [5, 5.41) is 0. The topological polar surface area (TPSA) is 6.48 Å². The van der Waals surface area contributed by atoms with Crippen molar-refractivity contribution < 1.29 is 17.6 Å². The normalized spacial score (nSPS) is 13.9. The van der Waals surface area contributed by atoms with Crippen molar-refractivity contribution >= 4 is 0 Å². The van der Waals surface area contributed by atoms with E-state index in [0.717, 1.165) is 68.0 Å². The van der Waals surface area contributed by atoms with Crippen LogP contribution in [0.25, 0.3) is 22.3 Å². The number of hydrogen-bond acceptors (Lipinski definition) is 2. The molecule has 0 saturated heterocycles. The number of aryl methyl sites for hydroxylation is 1. The highest BCUT2D eigenvalue weighted by molar-refractivity contribution is 5.84. The van der Waals surface area contributed by atoms with Gasteiger partial charge in [-0.3, -0.25) is 0 Å². The summed E-state index contributed by atoms with van der Waals surface area (Å²) in [5.74, 6) is -5.41. The summed E-state index contributed by atoms with van der Waals surface area (Å²) < 4.78 is 59.1. The number of hydrogen-bond donors (Lipinski definition) is 0. The molecule has 0 heterocycles. The Kier molecular flexibility index (Phi) is 7.82. The molecule has 4 rings (SSSR count). The van der Waals surface area contributed by atoms with E-state index >= 15 is 8.78 Å². The summed E-state index contributed by atoms with van der Waals surface area (Å²) >= 11 is 0. The van der Waals surface area contributed by atoms with E-state index in [-0.39, 0.29) is 11.0 Å². The predicted molar refractivity (Wildman–Crippen MR) is 143 cm³/mol. The Morgan fingerprint density at radius 2 is 1.14 bits per heavy atom. The lowest BCUT2D eigenvalue weighted by Crippen LogP contribution is -2.29. The third-order valence-electron chi connectivity index (χ3n) is 7.71. The van der Waals surface area contributed by atoms with Gasteiger partial charge in [0.1, 0.15) is 0 Å². The third-order valence-corrected chi connectivity index (χ3v) is 7.71. The Morgan fingerprint density at radius 1 is 0.649 bits per heavy atom. The molecule has 0 radical (unpaired) electrons. The van der Waals surface area contributed by atoms with Gasteiger partial charge in [0.25, 0.3) is 0 Å². The van der Waals surface area contributed by atoms with Crippen LogP contribution < -0.4 is 0 Å². The number of halogens is 4. The predicted octanol–water partition coefficient (Wildman–Crippen LogP) is 7.48. The van der Waals surface area contributed by atoms with Crippen molar-refractivity contribution in [1.82, 2.24) is 9.80 Å². The van der Waals surface area contributed by atoms with Crippen molar-refractivity contribution in [2.45, 2.75) is 44.9 Å². The molecular formula is C31H36F4N2. The highest BCUT2D eigenvalue weighted by Gasteiger charge is 2.43. The lowest BCUT2D eigenvalue weighted by atomic mass is 9.70. The van der Waals surface area contributed by atoms with Crippen molar-refractivity contribution in [3.63, 3.8) is 0 Å². The van der Waals surface area contributed by atoms with Crippen molar-refractivity contribution in [3.8, 4) is 22.3 Å². The minimum Gasteiger partial charge on any atom is -0.309 e. The van der Waals surface area contributed by atoms with Crippen molar-refractivity contribution in [1.29, 1.82) is 0 Å². The first-order chi connectivity index (χ1) is 17.5. The Morgan fingerprint density at radius 3 is 1.65 bits per heavy atom.